The number of hydrogen-bond acceptors (Lipinski definition) is 0. The molecule has 0 aromatic heterocycles. The Labute approximate surface area is 66.0 Å². The molecular weight excluding hydrogens is 120 g/mol. The van der Waals surface area contributed by atoms with E-state index in [1.54, 1.807) is 0 Å². The highest BCUT2D eigenvalue weighted by Crippen LogP contribution is 2.09. The lowest BCUT2D eigenvalue weighted by atomic mass is 10.0. The Morgan fingerprint density at radius 1 is 0.800 bits per heavy atom. The Morgan fingerprint density at radius 3 is 1.10 bits per heavy atom. The van der Waals surface area contributed by atoms with Gasteiger partial charge in [0.2, 0.25) is 0 Å². The van der Waals surface area contributed by atoms with Crippen molar-refractivity contribution in [2.24, 2.45) is 11.8 Å². The van der Waals surface area contributed by atoms with Crippen LogP contribution in [0.3, 0.4) is 0 Å². The third kappa shape index (κ3) is 15.6. The third-order valence-electron chi connectivity index (χ3n) is 1.32. The quantitative estimate of drug-likeness (QED) is 0.527. The Bertz CT molecular complexity index is 59.4. The van der Waals surface area contributed by atoms with Gasteiger partial charge in [-0.3, -0.25) is 0 Å². The van der Waals surface area contributed by atoms with E-state index in [1.807, 2.05) is 0 Å². The van der Waals surface area contributed by atoms with E-state index in [1.165, 1.54) is 12.8 Å². The standard InChI is InChI=1S/C8H18.C2H2/c1-7(2)5-6-8(3)4;1-2/h7-8H,5-6H2,1-4H3;1-2H. The first-order chi connectivity index (χ1) is 4.63. The highest BCUT2D eigenvalue weighted by molar-refractivity contribution is 4.48. The molecule has 60 valence electrons. The second-order valence-corrected chi connectivity index (χ2v) is 3.37. The van der Waals surface area contributed by atoms with Crippen LogP contribution in [0.2, 0.25) is 0 Å². The fraction of sp³-hybridized carbons (Fsp3) is 0.800. The van der Waals surface area contributed by atoms with Gasteiger partial charge in [0.15, 0.2) is 0 Å². The third-order valence-corrected chi connectivity index (χ3v) is 1.32. The molecule has 0 unspecified atom stereocenters. The summed E-state index contributed by atoms with van der Waals surface area (Å²) in [7, 11) is 0. The van der Waals surface area contributed by atoms with Crippen molar-refractivity contribution in [2.45, 2.75) is 40.5 Å². The summed E-state index contributed by atoms with van der Waals surface area (Å²) >= 11 is 0. The molecule has 0 rings (SSSR count). The zero-order valence-electron chi connectivity index (χ0n) is 7.72. The van der Waals surface area contributed by atoms with Gasteiger partial charge in [-0.25, -0.2) is 0 Å². The number of hydrogen-bond donors (Lipinski definition) is 0. The highest BCUT2D eigenvalue weighted by Gasteiger charge is 1.95. The van der Waals surface area contributed by atoms with Crippen LogP contribution in [0.5, 0.6) is 0 Å². The van der Waals surface area contributed by atoms with E-state index >= 15 is 0 Å². The van der Waals surface area contributed by atoms with Crippen LogP contribution in [0, 0.1) is 24.7 Å². The molecule has 0 N–H and O–H groups in total. The minimum atomic E-state index is 0.886. The molecule has 10 heavy (non-hydrogen) atoms. The van der Waals surface area contributed by atoms with Crippen molar-refractivity contribution in [1.82, 2.24) is 0 Å². The van der Waals surface area contributed by atoms with Crippen LogP contribution in [-0.4, -0.2) is 0 Å². The molecule has 0 aliphatic heterocycles. The second-order valence-electron chi connectivity index (χ2n) is 3.37. The Kier molecular flexibility index (Phi) is 10.5. The fourth-order valence-electron chi connectivity index (χ4n) is 0.667. The first kappa shape index (κ1) is 12.3. The first-order valence-electron chi connectivity index (χ1n) is 3.96. The topological polar surface area (TPSA) is 0 Å². The van der Waals surface area contributed by atoms with E-state index in [0.29, 0.717) is 0 Å². The number of terminal acetylenes is 1. The van der Waals surface area contributed by atoms with Gasteiger partial charge in [0.1, 0.15) is 0 Å². The van der Waals surface area contributed by atoms with Gasteiger partial charge in [-0.05, 0) is 11.8 Å². The molecule has 0 radical (unpaired) electrons. The van der Waals surface area contributed by atoms with E-state index in [4.69, 9.17) is 0 Å². The molecule has 0 aliphatic carbocycles. The van der Waals surface area contributed by atoms with E-state index in [-0.39, 0.29) is 0 Å². The molecule has 0 aromatic rings. The average molecular weight is 140 g/mol. The Balaban J connectivity index is 0. The predicted octanol–water partition coefficient (Wildman–Crippen LogP) is 3.33. The van der Waals surface area contributed by atoms with Gasteiger partial charge in [0.05, 0.1) is 0 Å². The molecule has 0 saturated carbocycles. The maximum atomic E-state index is 4.00. The van der Waals surface area contributed by atoms with Crippen LogP contribution < -0.4 is 0 Å². The van der Waals surface area contributed by atoms with Crippen molar-refractivity contribution < 1.29 is 0 Å². The Morgan fingerprint density at radius 2 is 1.00 bits per heavy atom. The lowest BCUT2D eigenvalue weighted by Gasteiger charge is -2.05. The van der Waals surface area contributed by atoms with Gasteiger partial charge in [-0.15, -0.1) is 12.8 Å². The zero-order valence-corrected chi connectivity index (χ0v) is 7.72. The zero-order chi connectivity index (χ0) is 8.57. The fourth-order valence-corrected chi connectivity index (χ4v) is 0.667. The molecule has 0 aromatic carbocycles. The number of rotatable bonds is 3. The van der Waals surface area contributed by atoms with E-state index in [0.717, 1.165) is 11.8 Å². The van der Waals surface area contributed by atoms with E-state index in [2.05, 4.69) is 40.5 Å². The molecule has 0 heteroatoms. The van der Waals surface area contributed by atoms with Crippen LogP contribution >= 0.6 is 0 Å². The minimum Gasteiger partial charge on any atom is -0.124 e. The summed E-state index contributed by atoms with van der Waals surface area (Å²) in [5.74, 6) is 1.77. The minimum absolute atomic E-state index is 0.886. The van der Waals surface area contributed by atoms with Gasteiger partial charge >= 0.3 is 0 Å². The maximum Gasteiger partial charge on any atom is -0.0471 e. The monoisotopic (exact) mass is 140 g/mol. The van der Waals surface area contributed by atoms with E-state index < -0.39 is 0 Å². The molecule has 0 amide bonds. The van der Waals surface area contributed by atoms with Gasteiger partial charge in [0, 0.05) is 0 Å². The van der Waals surface area contributed by atoms with Crippen LogP contribution in [0.1, 0.15) is 40.5 Å². The molecular formula is C10H20. The largest absolute Gasteiger partial charge is 0.124 e. The summed E-state index contributed by atoms with van der Waals surface area (Å²) in [6.07, 6.45) is 10.8. The predicted molar refractivity (Wildman–Crippen MR) is 48.8 cm³/mol. The smallest absolute Gasteiger partial charge is 0.0471 e. The summed E-state index contributed by atoms with van der Waals surface area (Å²) in [5.41, 5.74) is 0. The highest BCUT2D eigenvalue weighted by atomic mass is 14.0. The maximum absolute atomic E-state index is 4.00. The molecule has 0 heterocycles. The summed E-state index contributed by atoms with van der Waals surface area (Å²) in [6, 6.07) is 0. The molecule has 0 saturated heterocycles. The summed E-state index contributed by atoms with van der Waals surface area (Å²) in [4.78, 5) is 0. The SMILES string of the molecule is C#C.CC(C)CCC(C)C. The van der Waals surface area contributed by atoms with Crippen molar-refractivity contribution in [3.63, 3.8) is 0 Å². The van der Waals surface area contributed by atoms with Crippen molar-refractivity contribution >= 4 is 0 Å². The van der Waals surface area contributed by atoms with Gasteiger partial charge in [-0.2, -0.15) is 0 Å². The molecule has 0 nitrogen and oxygen atoms in total. The van der Waals surface area contributed by atoms with E-state index in [9.17, 15) is 0 Å². The lowest BCUT2D eigenvalue weighted by molar-refractivity contribution is 0.476. The van der Waals surface area contributed by atoms with Gasteiger partial charge in [0.25, 0.3) is 0 Å². The van der Waals surface area contributed by atoms with Crippen molar-refractivity contribution in [3.8, 4) is 12.8 Å². The Hall–Kier alpha value is -0.440. The molecule has 0 fully saturated rings. The summed E-state index contributed by atoms with van der Waals surface area (Å²) < 4.78 is 0. The van der Waals surface area contributed by atoms with Crippen molar-refractivity contribution in [2.75, 3.05) is 0 Å². The summed E-state index contributed by atoms with van der Waals surface area (Å²) in [6.45, 7) is 9.12. The first-order valence-corrected chi connectivity index (χ1v) is 3.96. The van der Waals surface area contributed by atoms with Crippen LogP contribution in [-0.2, 0) is 0 Å². The summed E-state index contributed by atoms with van der Waals surface area (Å²) in [5, 5.41) is 0. The van der Waals surface area contributed by atoms with Crippen molar-refractivity contribution in [1.29, 1.82) is 0 Å². The van der Waals surface area contributed by atoms with Crippen LogP contribution in [0.25, 0.3) is 0 Å². The molecule has 0 spiro atoms. The van der Waals surface area contributed by atoms with Crippen molar-refractivity contribution in [3.05, 3.63) is 0 Å². The normalized spacial score (nSPS) is 9.20. The molecule has 0 bridgehead atoms. The van der Waals surface area contributed by atoms with Gasteiger partial charge < -0.3 is 0 Å². The van der Waals surface area contributed by atoms with Gasteiger partial charge in [-0.1, -0.05) is 40.5 Å². The molecule has 0 aliphatic rings. The lowest BCUT2D eigenvalue weighted by Crippen LogP contribution is -1.91. The second kappa shape index (κ2) is 8.56. The van der Waals surface area contributed by atoms with Crippen LogP contribution in [0.4, 0.5) is 0 Å². The van der Waals surface area contributed by atoms with Crippen LogP contribution in [0.15, 0.2) is 0 Å². The average Bonchev–Trinajstić information content (AvgIpc) is 1.89. The molecule has 0 atom stereocenters.